The van der Waals surface area contributed by atoms with Crippen molar-refractivity contribution in [3.05, 3.63) is 0 Å². The molecule has 0 unspecified atom stereocenters. The molecule has 0 bridgehead atoms. The third-order valence-corrected chi connectivity index (χ3v) is 1.55. The zero-order chi connectivity index (χ0) is 12.1. The van der Waals surface area contributed by atoms with Crippen LogP contribution in [0.5, 0.6) is 0 Å². The number of terminal acetylenes is 1. The first-order chi connectivity index (χ1) is 7.81. The number of ether oxygens (including phenoxy) is 2. The molecule has 0 heterocycles. The van der Waals surface area contributed by atoms with Crippen LogP contribution in [0.2, 0.25) is 0 Å². The Morgan fingerprint density at radius 3 is 2.56 bits per heavy atom. The maximum Gasteiger partial charge on any atom is 0.188 e. The lowest BCUT2D eigenvalue weighted by Gasteiger charge is -2.09. The van der Waals surface area contributed by atoms with Crippen LogP contribution in [-0.4, -0.2) is 52.0 Å². The number of rotatable bonds is 9. The molecule has 0 saturated heterocycles. The zero-order valence-corrected chi connectivity index (χ0v) is 9.42. The quantitative estimate of drug-likeness (QED) is 0.171. The minimum Gasteiger partial charge on any atom is -0.377 e. The van der Waals surface area contributed by atoms with Crippen molar-refractivity contribution in [2.24, 2.45) is 5.73 Å². The second kappa shape index (κ2) is 11.8. The van der Waals surface area contributed by atoms with Gasteiger partial charge >= 0.3 is 0 Å². The number of hydrogen-bond acceptors (Lipinski definition) is 4. The fraction of sp³-hybridized carbons (Fsp3) is 0.700. The third-order valence-electron chi connectivity index (χ3n) is 1.55. The standard InChI is InChI=1S/C10H20N4O2/c1-2-6-15-8-9-16-7-5-14-10(12)13-4-3-11/h1H,3-9,11H2,(H3,12,13,14). The highest BCUT2D eigenvalue weighted by atomic mass is 16.5. The highest BCUT2D eigenvalue weighted by Crippen LogP contribution is 1.77. The van der Waals surface area contributed by atoms with Gasteiger partial charge in [-0.2, -0.15) is 0 Å². The van der Waals surface area contributed by atoms with Crippen LogP contribution in [0.1, 0.15) is 0 Å². The van der Waals surface area contributed by atoms with E-state index in [4.69, 9.17) is 27.0 Å². The van der Waals surface area contributed by atoms with Gasteiger partial charge in [-0.1, -0.05) is 5.92 Å². The molecule has 0 fully saturated rings. The van der Waals surface area contributed by atoms with Gasteiger partial charge in [-0.3, -0.25) is 5.41 Å². The van der Waals surface area contributed by atoms with Crippen molar-refractivity contribution in [1.82, 2.24) is 10.6 Å². The molecule has 0 atom stereocenters. The number of nitrogens with one attached hydrogen (secondary N) is 3. The van der Waals surface area contributed by atoms with Crippen LogP contribution >= 0.6 is 0 Å². The van der Waals surface area contributed by atoms with E-state index in [1.807, 2.05) is 0 Å². The van der Waals surface area contributed by atoms with E-state index in [0.29, 0.717) is 46.1 Å². The predicted octanol–water partition coefficient (Wildman–Crippen LogP) is -1.27. The molecule has 0 aromatic rings. The predicted molar refractivity (Wildman–Crippen MR) is 63.3 cm³/mol. The fourth-order valence-corrected chi connectivity index (χ4v) is 0.859. The van der Waals surface area contributed by atoms with Crippen molar-refractivity contribution in [2.45, 2.75) is 0 Å². The van der Waals surface area contributed by atoms with Gasteiger partial charge in [0.2, 0.25) is 0 Å². The molecule has 0 aliphatic rings. The van der Waals surface area contributed by atoms with Crippen molar-refractivity contribution < 1.29 is 9.47 Å². The molecule has 6 heteroatoms. The molecular formula is C10H20N4O2. The van der Waals surface area contributed by atoms with E-state index >= 15 is 0 Å². The van der Waals surface area contributed by atoms with Crippen LogP contribution < -0.4 is 16.4 Å². The highest BCUT2D eigenvalue weighted by molar-refractivity contribution is 5.76. The molecule has 16 heavy (non-hydrogen) atoms. The van der Waals surface area contributed by atoms with E-state index in [-0.39, 0.29) is 5.96 Å². The first-order valence-electron chi connectivity index (χ1n) is 5.16. The Kier molecular flexibility index (Phi) is 10.8. The largest absolute Gasteiger partial charge is 0.377 e. The van der Waals surface area contributed by atoms with Gasteiger partial charge in [-0.25, -0.2) is 0 Å². The average Bonchev–Trinajstić information content (AvgIpc) is 2.30. The number of guanidine groups is 1. The summed E-state index contributed by atoms with van der Waals surface area (Å²) >= 11 is 0. The zero-order valence-electron chi connectivity index (χ0n) is 9.42. The van der Waals surface area contributed by atoms with Gasteiger partial charge in [0.1, 0.15) is 6.61 Å². The number of hydrogen-bond donors (Lipinski definition) is 4. The van der Waals surface area contributed by atoms with Crippen molar-refractivity contribution in [3.63, 3.8) is 0 Å². The lowest BCUT2D eigenvalue weighted by molar-refractivity contribution is 0.0625. The molecule has 0 spiro atoms. The second-order valence-corrected chi connectivity index (χ2v) is 2.89. The summed E-state index contributed by atoms with van der Waals surface area (Å²) in [5.74, 6) is 2.63. The summed E-state index contributed by atoms with van der Waals surface area (Å²) in [7, 11) is 0. The van der Waals surface area contributed by atoms with Crippen LogP contribution in [0, 0.1) is 17.8 Å². The monoisotopic (exact) mass is 228 g/mol. The van der Waals surface area contributed by atoms with Crippen molar-refractivity contribution in [1.29, 1.82) is 5.41 Å². The van der Waals surface area contributed by atoms with E-state index in [1.165, 1.54) is 0 Å². The molecule has 5 N–H and O–H groups in total. The first-order valence-corrected chi connectivity index (χ1v) is 5.16. The van der Waals surface area contributed by atoms with Gasteiger partial charge in [0, 0.05) is 19.6 Å². The van der Waals surface area contributed by atoms with Gasteiger partial charge in [0.15, 0.2) is 5.96 Å². The Bertz CT molecular complexity index is 215. The van der Waals surface area contributed by atoms with E-state index in [2.05, 4.69) is 16.6 Å². The molecule has 0 rings (SSSR count). The maximum atomic E-state index is 7.38. The molecule has 92 valence electrons. The summed E-state index contributed by atoms with van der Waals surface area (Å²) < 4.78 is 10.2. The summed E-state index contributed by atoms with van der Waals surface area (Å²) in [5, 5.41) is 13.0. The van der Waals surface area contributed by atoms with Crippen LogP contribution in [0.15, 0.2) is 0 Å². The van der Waals surface area contributed by atoms with Gasteiger partial charge in [0.05, 0.1) is 19.8 Å². The summed E-state index contributed by atoms with van der Waals surface area (Å²) in [6.07, 6.45) is 5.00. The molecule has 0 aromatic carbocycles. The Morgan fingerprint density at radius 1 is 1.19 bits per heavy atom. The Hall–Kier alpha value is -1.29. The van der Waals surface area contributed by atoms with E-state index in [1.54, 1.807) is 0 Å². The van der Waals surface area contributed by atoms with E-state index in [9.17, 15) is 0 Å². The van der Waals surface area contributed by atoms with Crippen molar-refractivity contribution in [2.75, 3.05) is 46.1 Å². The smallest absolute Gasteiger partial charge is 0.188 e. The SMILES string of the molecule is C#CCOCCOCCNC(=N)NCCN. The van der Waals surface area contributed by atoms with Crippen LogP contribution in [0.4, 0.5) is 0 Å². The molecule has 0 amide bonds. The van der Waals surface area contributed by atoms with E-state index in [0.717, 1.165) is 0 Å². The summed E-state index contributed by atoms with van der Waals surface area (Å²) in [6.45, 7) is 3.51. The Morgan fingerprint density at radius 2 is 1.88 bits per heavy atom. The molecule has 6 nitrogen and oxygen atoms in total. The minimum absolute atomic E-state index is 0.262. The van der Waals surface area contributed by atoms with Gasteiger partial charge in [0.25, 0.3) is 0 Å². The normalized spacial score (nSPS) is 9.50. The summed E-state index contributed by atoms with van der Waals surface area (Å²) in [6, 6.07) is 0. The van der Waals surface area contributed by atoms with Crippen LogP contribution in [-0.2, 0) is 9.47 Å². The fourth-order valence-electron chi connectivity index (χ4n) is 0.859. The number of nitrogens with two attached hydrogens (primary N) is 1. The Labute approximate surface area is 96.4 Å². The third kappa shape index (κ3) is 10.8. The topological polar surface area (TPSA) is 92.4 Å². The lowest BCUT2D eigenvalue weighted by Crippen LogP contribution is -2.40. The minimum atomic E-state index is 0.262. The van der Waals surface area contributed by atoms with Gasteiger partial charge < -0.3 is 25.8 Å². The van der Waals surface area contributed by atoms with Gasteiger partial charge in [-0.05, 0) is 0 Å². The highest BCUT2D eigenvalue weighted by Gasteiger charge is 1.93. The molecule has 0 radical (unpaired) electrons. The molecular weight excluding hydrogens is 208 g/mol. The average molecular weight is 228 g/mol. The molecule has 0 saturated carbocycles. The van der Waals surface area contributed by atoms with Crippen molar-refractivity contribution >= 4 is 5.96 Å². The molecule has 0 aliphatic carbocycles. The summed E-state index contributed by atoms with van der Waals surface area (Å²) in [5.41, 5.74) is 5.27. The lowest BCUT2D eigenvalue weighted by atomic mass is 10.6. The molecule has 0 aromatic heterocycles. The first kappa shape index (κ1) is 14.7. The van der Waals surface area contributed by atoms with Crippen LogP contribution in [0.3, 0.4) is 0 Å². The maximum absolute atomic E-state index is 7.38. The van der Waals surface area contributed by atoms with Crippen LogP contribution in [0.25, 0.3) is 0 Å². The Balaban J connectivity index is 3.09. The molecule has 0 aliphatic heterocycles. The van der Waals surface area contributed by atoms with Gasteiger partial charge in [-0.15, -0.1) is 6.42 Å². The van der Waals surface area contributed by atoms with E-state index < -0.39 is 0 Å². The van der Waals surface area contributed by atoms with Crippen molar-refractivity contribution in [3.8, 4) is 12.3 Å². The second-order valence-electron chi connectivity index (χ2n) is 2.89. The summed E-state index contributed by atoms with van der Waals surface area (Å²) in [4.78, 5) is 0.